The van der Waals surface area contributed by atoms with E-state index in [1.54, 1.807) is 13.0 Å². The number of primary amides is 1. The fourth-order valence-electron chi connectivity index (χ4n) is 0.858. The highest BCUT2D eigenvalue weighted by molar-refractivity contribution is 5.83. The molecule has 1 amide bonds. The Balaban J connectivity index is 2.85. The van der Waals surface area contributed by atoms with Gasteiger partial charge in [0.05, 0.1) is 6.26 Å². The summed E-state index contributed by atoms with van der Waals surface area (Å²) in [5, 5.41) is 0. The fourth-order valence-corrected chi connectivity index (χ4v) is 0.858. The molecule has 0 bridgehead atoms. The van der Waals surface area contributed by atoms with Crippen LogP contribution in [0.1, 0.15) is 13.8 Å². The van der Waals surface area contributed by atoms with Crippen LogP contribution in [0.5, 0.6) is 0 Å². The predicted molar refractivity (Wildman–Crippen MR) is 37.0 cm³/mol. The summed E-state index contributed by atoms with van der Waals surface area (Å²) in [6.45, 7) is 3.59. The number of nitrogens with two attached hydrogens (primary N) is 1. The van der Waals surface area contributed by atoms with Gasteiger partial charge in [0.25, 0.3) is 0 Å². The molecule has 2 N–H and O–H groups in total. The molecule has 3 heteroatoms. The molecule has 10 heavy (non-hydrogen) atoms. The average molecular weight is 141 g/mol. The van der Waals surface area contributed by atoms with Gasteiger partial charge in [-0.2, -0.15) is 0 Å². The van der Waals surface area contributed by atoms with Gasteiger partial charge in [0, 0.05) is 0 Å². The molecular weight excluding hydrogens is 130 g/mol. The molecule has 0 aromatic carbocycles. The van der Waals surface area contributed by atoms with E-state index in [1.807, 2.05) is 6.92 Å². The van der Waals surface area contributed by atoms with Crippen molar-refractivity contribution in [2.24, 2.45) is 11.1 Å². The van der Waals surface area contributed by atoms with Crippen LogP contribution in [0.2, 0.25) is 0 Å². The van der Waals surface area contributed by atoms with Gasteiger partial charge in [0.2, 0.25) is 5.91 Å². The Morgan fingerprint density at radius 2 is 2.40 bits per heavy atom. The molecular formula is C7H11NO2. The summed E-state index contributed by atoms with van der Waals surface area (Å²) < 4.78 is 5.05. The minimum Gasteiger partial charge on any atom is -0.497 e. The molecule has 0 saturated carbocycles. The second-order valence-corrected chi connectivity index (χ2v) is 2.73. The van der Waals surface area contributed by atoms with Crippen LogP contribution in [0.25, 0.3) is 0 Å². The fraction of sp³-hybridized carbons (Fsp3) is 0.571. The molecule has 0 aliphatic carbocycles. The quantitative estimate of drug-likeness (QED) is 0.575. The van der Waals surface area contributed by atoms with Crippen LogP contribution in [-0.2, 0) is 9.53 Å². The maximum Gasteiger partial charge on any atom is 0.231 e. The molecule has 3 nitrogen and oxygen atoms in total. The number of ether oxygens (including phenoxy) is 1. The largest absolute Gasteiger partial charge is 0.497 e. The third-order valence-electron chi connectivity index (χ3n) is 2.07. The number of carbonyl (C=O) groups excluding carboxylic acids is 1. The van der Waals surface area contributed by atoms with Gasteiger partial charge < -0.3 is 10.5 Å². The molecule has 0 spiro atoms. The predicted octanol–water partition coefficient (Wildman–Crippen LogP) is 0.410. The summed E-state index contributed by atoms with van der Waals surface area (Å²) in [7, 11) is 0. The highest BCUT2D eigenvalue weighted by Crippen LogP contribution is 2.30. The molecule has 0 fully saturated rings. The van der Waals surface area contributed by atoms with Crippen LogP contribution in [0.4, 0.5) is 0 Å². The van der Waals surface area contributed by atoms with Gasteiger partial charge in [0.1, 0.15) is 11.5 Å². The van der Waals surface area contributed by atoms with E-state index in [-0.39, 0.29) is 12.0 Å². The molecule has 1 aliphatic rings. The van der Waals surface area contributed by atoms with Crippen molar-refractivity contribution < 1.29 is 9.53 Å². The first-order valence-electron chi connectivity index (χ1n) is 3.20. The molecule has 0 aromatic rings. The second-order valence-electron chi connectivity index (χ2n) is 2.73. The van der Waals surface area contributed by atoms with Gasteiger partial charge in [-0.1, -0.05) is 0 Å². The Kier molecular flexibility index (Phi) is 1.43. The van der Waals surface area contributed by atoms with E-state index in [9.17, 15) is 4.79 Å². The Morgan fingerprint density at radius 3 is 2.60 bits per heavy atom. The van der Waals surface area contributed by atoms with E-state index in [4.69, 9.17) is 10.5 Å². The molecule has 1 heterocycles. The summed E-state index contributed by atoms with van der Waals surface area (Å²) in [4.78, 5) is 10.8. The standard InChI is InChI=1S/C7H11NO2/c1-5-7(2,6(8)9)3-4-10-5/h3-5H,1-2H3,(H2,8,9). The molecule has 1 aliphatic heterocycles. The molecule has 0 saturated heterocycles. The third-order valence-corrected chi connectivity index (χ3v) is 2.07. The zero-order chi connectivity index (χ0) is 7.78. The number of carbonyl (C=O) groups is 1. The normalized spacial score (nSPS) is 37.6. The summed E-state index contributed by atoms with van der Waals surface area (Å²) >= 11 is 0. The minimum atomic E-state index is -0.611. The van der Waals surface area contributed by atoms with Crippen molar-refractivity contribution in [1.82, 2.24) is 0 Å². The van der Waals surface area contributed by atoms with E-state index in [0.29, 0.717) is 0 Å². The number of amides is 1. The average Bonchev–Trinajstić information content (AvgIpc) is 2.15. The summed E-state index contributed by atoms with van der Waals surface area (Å²) in [5.74, 6) is -0.339. The van der Waals surface area contributed by atoms with Crippen molar-refractivity contribution in [3.63, 3.8) is 0 Å². The third kappa shape index (κ3) is 0.781. The Bertz CT molecular complexity index is 188. The Labute approximate surface area is 59.8 Å². The summed E-state index contributed by atoms with van der Waals surface area (Å²) in [6, 6.07) is 0. The smallest absolute Gasteiger partial charge is 0.231 e. The van der Waals surface area contributed by atoms with E-state index in [2.05, 4.69) is 0 Å². The molecule has 0 aromatic heterocycles. The lowest BCUT2D eigenvalue weighted by atomic mass is 9.86. The topological polar surface area (TPSA) is 52.3 Å². The van der Waals surface area contributed by atoms with Crippen LogP contribution in [0, 0.1) is 5.41 Å². The molecule has 2 unspecified atom stereocenters. The minimum absolute atomic E-state index is 0.134. The molecule has 2 atom stereocenters. The van der Waals surface area contributed by atoms with Crippen molar-refractivity contribution >= 4 is 5.91 Å². The first kappa shape index (κ1) is 7.12. The van der Waals surface area contributed by atoms with Crippen LogP contribution in [-0.4, -0.2) is 12.0 Å². The van der Waals surface area contributed by atoms with E-state index in [0.717, 1.165) is 0 Å². The highest BCUT2D eigenvalue weighted by atomic mass is 16.5. The summed E-state index contributed by atoms with van der Waals surface area (Å²) in [5.41, 5.74) is 4.54. The zero-order valence-electron chi connectivity index (χ0n) is 6.13. The van der Waals surface area contributed by atoms with Crippen LogP contribution in [0.3, 0.4) is 0 Å². The number of rotatable bonds is 1. The highest BCUT2D eigenvalue weighted by Gasteiger charge is 2.39. The first-order chi connectivity index (χ1) is 4.57. The lowest BCUT2D eigenvalue weighted by Gasteiger charge is -2.21. The monoisotopic (exact) mass is 141 g/mol. The van der Waals surface area contributed by atoms with Crippen molar-refractivity contribution in [1.29, 1.82) is 0 Å². The summed E-state index contributed by atoms with van der Waals surface area (Å²) in [6.07, 6.45) is 3.08. The van der Waals surface area contributed by atoms with E-state index in [1.165, 1.54) is 6.26 Å². The van der Waals surface area contributed by atoms with Crippen molar-refractivity contribution in [3.05, 3.63) is 12.3 Å². The van der Waals surface area contributed by atoms with Crippen molar-refractivity contribution in [2.75, 3.05) is 0 Å². The lowest BCUT2D eigenvalue weighted by molar-refractivity contribution is -0.127. The van der Waals surface area contributed by atoms with Gasteiger partial charge in [0.15, 0.2) is 0 Å². The Morgan fingerprint density at radius 1 is 1.80 bits per heavy atom. The Hall–Kier alpha value is -0.990. The number of hydrogen-bond donors (Lipinski definition) is 1. The van der Waals surface area contributed by atoms with E-state index < -0.39 is 5.41 Å². The SMILES string of the molecule is CC1OC=CC1(C)C(N)=O. The van der Waals surface area contributed by atoms with Gasteiger partial charge in [-0.15, -0.1) is 0 Å². The van der Waals surface area contributed by atoms with Gasteiger partial charge in [-0.05, 0) is 19.9 Å². The first-order valence-corrected chi connectivity index (χ1v) is 3.20. The van der Waals surface area contributed by atoms with E-state index >= 15 is 0 Å². The number of hydrogen-bond acceptors (Lipinski definition) is 2. The van der Waals surface area contributed by atoms with Crippen molar-refractivity contribution in [3.8, 4) is 0 Å². The molecule has 56 valence electrons. The van der Waals surface area contributed by atoms with Gasteiger partial charge in [-0.3, -0.25) is 4.79 Å². The van der Waals surface area contributed by atoms with Crippen molar-refractivity contribution in [2.45, 2.75) is 20.0 Å². The maximum atomic E-state index is 10.8. The zero-order valence-corrected chi connectivity index (χ0v) is 6.13. The maximum absolute atomic E-state index is 10.8. The lowest BCUT2D eigenvalue weighted by Crippen LogP contribution is -2.39. The molecule has 1 rings (SSSR count). The second kappa shape index (κ2) is 2.01. The van der Waals surface area contributed by atoms with Crippen LogP contribution >= 0.6 is 0 Å². The van der Waals surface area contributed by atoms with Gasteiger partial charge >= 0.3 is 0 Å². The van der Waals surface area contributed by atoms with Gasteiger partial charge in [-0.25, -0.2) is 0 Å². The molecule has 0 radical (unpaired) electrons. The van der Waals surface area contributed by atoms with Crippen LogP contribution in [0.15, 0.2) is 12.3 Å². The van der Waals surface area contributed by atoms with Crippen LogP contribution < -0.4 is 5.73 Å².